The van der Waals surface area contributed by atoms with Crippen LogP contribution in [-0.4, -0.2) is 18.7 Å². The number of ketones is 2. The highest BCUT2D eigenvalue weighted by Crippen LogP contribution is 2.37. The first-order valence-corrected chi connectivity index (χ1v) is 7.52. The highest BCUT2D eigenvalue weighted by Gasteiger charge is 2.33. The van der Waals surface area contributed by atoms with Crippen molar-refractivity contribution in [3.05, 3.63) is 63.9 Å². The number of hydrogen-bond acceptors (Lipinski definition) is 5. The van der Waals surface area contributed by atoms with Crippen LogP contribution in [-0.2, 0) is 0 Å². The van der Waals surface area contributed by atoms with Gasteiger partial charge in [0, 0.05) is 16.7 Å². The lowest BCUT2D eigenvalue weighted by Gasteiger charge is -2.20. The zero-order valence-electron chi connectivity index (χ0n) is 13.1. The number of hydrogen-bond donors (Lipinski definition) is 1. The zero-order chi connectivity index (χ0) is 17.4. The van der Waals surface area contributed by atoms with Gasteiger partial charge in [-0.1, -0.05) is 35.9 Å². The van der Waals surface area contributed by atoms with E-state index in [-0.39, 0.29) is 27.7 Å². The fourth-order valence-corrected chi connectivity index (χ4v) is 2.79. The monoisotopic (exact) mass is 343 g/mol. The minimum atomic E-state index is -0.461. The van der Waals surface area contributed by atoms with E-state index in [2.05, 4.69) is 0 Å². The Morgan fingerprint density at radius 3 is 2.25 bits per heavy atom. The second-order valence-electron chi connectivity index (χ2n) is 5.26. The number of carbonyl (C=O) groups is 2. The van der Waals surface area contributed by atoms with Crippen LogP contribution in [0.1, 0.15) is 26.3 Å². The molecule has 2 aromatic carbocycles. The number of nitrogen functional groups attached to an aromatic ring is 1. The van der Waals surface area contributed by atoms with E-state index in [4.69, 9.17) is 26.8 Å². The summed E-state index contributed by atoms with van der Waals surface area (Å²) in [6.07, 6.45) is 0. The molecule has 1 aliphatic carbocycles. The summed E-state index contributed by atoms with van der Waals surface area (Å²) in [5.41, 5.74) is 7.37. The number of allylic oxidation sites excluding steroid dienone is 2. The lowest BCUT2D eigenvalue weighted by Crippen LogP contribution is -2.23. The third-order valence-electron chi connectivity index (χ3n) is 3.83. The Kier molecular flexibility index (Phi) is 4.03. The van der Waals surface area contributed by atoms with Crippen LogP contribution in [0.3, 0.4) is 0 Å². The molecule has 5 nitrogen and oxygen atoms in total. The molecule has 0 spiro atoms. The van der Waals surface area contributed by atoms with Gasteiger partial charge in [-0.05, 0) is 19.1 Å². The third kappa shape index (κ3) is 2.43. The van der Waals surface area contributed by atoms with E-state index in [9.17, 15) is 9.59 Å². The maximum Gasteiger partial charge on any atom is 0.230 e. The van der Waals surface area contributed by atoms with Crippen LogP contribution in [0.25, 0.3) is 0 Å². The number of anilines is 1. The Morgan fingerprint density at radius 2 is 1.62 bits per heavy atom. The molecule has 3 rings (SSSR count). The van der Waals surface area contributed by atoms with Crippen LogP contribution < -0.4 is 15.2 Å². The molecular weight excluding hydrogens is 330 g/mol. The minimum Gasteiger partial charge on any atom is -0.496 e. The molecule has 0 radical (unpaired) electrons. The van der Waals surface area contributed by atoms with Crippen molar-refractivity contribution < 1.29 is 19.1 Å². The van der Waals surface area contributed by atoms with Gasteiger partial charge in [-0.2, -0.15) is 0 Å². The molecule has 0 saturated carbocycles. The maximum atomic E-state index is 12.7. The minimum absolute atomic E-state index is 0.233. The fourth-order valence-electron chi connectivity index (χ4n) is 2.57. The average molecular weight is 344 g/mol. The average Bonchev–Trinajstić information content (AvgIpc) is 2.59. The van der Waals surface area contributed by atoms with Crippen molar-refractivity contribution >= 4 is 28.9 Å². The fraction of sp³-hybridized carbons (Fsp3) is 0.111. The molecule has 0 fully saturated rings. The molecule has 24 heavy (non-hydrogen) atoms. The number of Topliss-reactive ketones (excluding diaryl/α,β-unsaturated/α-hetero) is 2. The van der Waals surface area contributed by atoms with Crippen LogP contribution in [0.5, 0.6) is 11.5 Å². The Bertz CT molecular complexity index is 902. The van der Waals surface area contributed by atoms with Crippen LogP contribution in [0.15, 0.2) is 47.2 Å². The number of ether oxygens (including phenoxy) is 2. The van der Waals surface area contributed by atoms with E-state index in [1.54, 1.807) is 43.3 Å². The van der Waals surface area contributed by atoms with Crippen molar-refractivity contribution in [2.75, 3.05) is 12.8 Å². The maximum absolute atomic E-state index is 12.7. The van der Waals surface area contributed by atoms with Gasteiger partial charge in [0.2, 0.25) is 11.6 Å². The summed E-state index contributed by atoms with van der Waals surface area (Å²) in [5, 5.41) is -0.264. The van der Waals surface area contributed by atoms with Gasteiger partial charge in [0.15, 0.2) is 11.5 Å². The van der Waals surface area contributed by atoms with Crippen LogP contribution >= 0.6 is 11.6 Å². The molecule has 6 heteroatoms. The van der Waals surface area contributed by atoms with E-state index in [1.165, 1.54) is 7.11 Å². The van der Waals surface area contributed by atoms with Crippen LogP contribution in [0.2, 0.25) is 0 Å². The lowest BCUT2D eigenvalue weighted by molar-refractivity contribution is 0.0943. The zero-order valence-corrected chi connectivity index (χ0v) is 13.8. The second kappa shape index (κ2) is 6.02. The van der Waals surface area contributed by atoms with E-state index < -0.39 is 11.6 Å². The van der Waals surface area contributed by atoms with Crippen molar-refractivity contribution in [3.8, 4) is 11.5 Å². The summed E-state index contributed by atoms with van der Waals surface area (Å²) in [7, 11) is 1.51. The summed E-state index contributed by atoms with van der Waals surface area (Å²) >= 11 is 6.10. The van der Waals surface area contributed by atoms with E-state index in [1.807, 2.05) is 0 Å². The summed E-state index contributed by atoms with van der Waals surface area (Å²) in [4.78, 5) is 25.0. The van der Waals surface area contributed by atoms with Gasteiger partial charge in [-0.3, -0.25) is 9.59 Å². The molecule has 0 bridgehead atoms. The molecule has 0 heterocycles. The Hall–Kier alpha value is -2.79. The number of rotatable bonds is 3. The molecule has 0 aromatic heterocycles. The third-order valence-corrected chi connectivity index (χ3v) is 4.18. The van der Waals surface area contributed by atoms with Crippen molar-refractivity contribution in [2.24, 2.45) is 0 Å². The molecule has 2 N–H and O–H groups in total. The number of fused-ring (bicyclic) bond motifs is 1. The largest absolute Gasteiger partial charge is 0.496 e. The number of carbonyl (C=O) groups excluding carboxylic acids is 2. The van der Waals surface area contributed by atoms with Crippen molar-refractivity contribution in [1.82, 2.24) is 0 Å². The molecule has 0 saturated heterocycles. The Labute approximate surface area is 143 Å². The molecule has 0 atom stereocenters. The number of halogens is 1. The van der Waals surface area contributed by atoms with Crippen LogP contribution in [0.4, 0.5) is 5.69 Å². The number of benzene rings is 2. The number of methoxy groups -OCH3 is 1. The molecule has 0 amide bonds. The molecule has 0 aliphatic heterocycles. The standard InChI is InChI=1S/C18H14ClNO4/c1-9-13(23-2)8-7-12(20)17(9)24-18-14(19)15(21)10-5-3-4-6-11(10)16(18)22/h3-8H,20H2,1-2H3. The smallest absolute Gasteiger partial charge is 0.230 e. The Morgan fingerprint density at radius 1 is 1.00 bits per heavy atom. The van der Waals surface area contributed by atoms with Gasteiger partial charge >= 0.3 is 0 Å². The lowest BCUT2D eigenvalue weighted by atomic mass is 9.93. The van der Waals surface area contributed by atoms with Gasteiger partial charge < -0.3 is 15.2 Å². The highest BCUT2D eigenvalue weighted by molar-refractivity contribution is 6.49. The van der Waals surface area contributed by atoms with E-state index >= 15 is 0 Å². The van der Waals surface area contributed by atoms with Crippen molar-refractivity contribution in [2.45, 2.75) is 6.92 Å². The normalized spacial score (nSPS) is 13.8. The van der Waals surface area contributed by atoms with E-state index in [0.29, 0.717) is 17.0 Å². The number of nitrogens with two attached hydrogens (primary N) is 1. The van der Waals surface area contributed by atoms with E-state index in [0.717, 1.165) is 0 Å². The molecule has 0 unspecified atom stereocenters. The van der Waals surface area contributed by atoms with Gasteiger partial charge in [0.1, 0.15) is 10.8 Å². The quantitative estimate of drug-likeness (QED) is 0.863. The first-order chi connectivity index (χ1) is 11.5. The van der Waals surface area contributed by atoms with Crippen molar-refractivity contribution in [3.63, 3.8) is 0 Å². The summed E-state index contributed by atoms with van der Waals surface area (Å²) in [6.45, 7) is 1.74. The topological polar surface area (TPSA) is 78.6 Å². The molecule has 122 valence electrons. The van der Waals surface area contributed by atoms with Gasteiger partial charge in [-0.25, -0.2) is 0 Å². The van der Waals surface area contributed by atoms with Gasteiger partial charge in [0.25, 0.3) is 0 Å². The Balaban J connectivity index is 2.10. The molecule has 2 aromatic rings. The highest BCUT2D eigenvalue weighted by atomic mass is 35.5. The predicted octanol–water partition coefficient (Wildman–Crippen LogP) is 3.49. The van der Waals surface area contributed by atoms with Crippen LogP contribution in [0, 0.1) is 6.92 Å². The molecule has 1 aliphatic rings. The summed E-state index contributed by atoms with van der Waals surface area (Å²) in [6, 6.07) is 9.75. The first-order valence-electron chi connectivity index (χ1n) is 7.14. The van der Waals surface area contributed by atoms with Gasteiger partial charge in [-0.15, -0.1) is 0 Å². The molecular formula is C18H14ClNO4. The van der Waals surface area contributed by atoms with Crippen molar-refractivity contribution in [1.29, 1.82) is 0 Å². The second-order valence-corrected chi connectivity index (χ2v) is 5.64. The first kappa shape index (κ1) is 16.1. The summed E-state index contributed by atoms with van der Waals surface area (Å²) < 4.78 is 10.9. The predicted molar refractivity (Wildman–Crippen MR) is 90.8 cm³/mol. The SMILES string of the molecule is COc1ccc(N)c(OC2=C(Cl)C(=O)c3ccccc3C2=O)c1C. The summed E-state index contributed by atoms with van der Waals surface area (Å²) in [5.74, 6) is -0.366. The van der Waals surface area contributed by atoms with Gasteiger partial charge in [0.05, 0.1) is 12.8 Å².